The molecule has 3 unspecified atom stereocenters. The summed E-state index contributed by atoms with van der Waals surface area (Å²) in [4.78, 5) is 39.3. The third-order valence-electron chi connectivity index (χ3n) is 11.0. The van der Waals surface area contributed by atoms with Gasteiger partial charge in [0.2, 0.25) is 0 Å². The second-order valence-corrected chi connectivity index (χ2v) is 14.7. The van der Waals surface area contributed by atoms with Crippen LogP contribution in [-0.2, 0) is 19.1 Å². The first-order valence-electron chi connectivity index (χ1n) is 16.0. The smallest absolute Gasteiger partial charge is 0.164 e. The lowest BCUT2D eigenvalue weighted by Gasteiger charge is -2.66. The van der Waals surface area contributed by atoms with E-state index in [0.717, 1.165) is 19.3 Å². The highest BCUT2D eigenvalue weighted by molar-refractivity contribution is 5.91. The number of carbonyl (C=O) groups excluding carboxylic acids is 3. The van der Waals surface area contributed by atoms with Crippen molar-refractivity contribution in [2.75, 3.05) is 0 Å². The van der Waals surface area contributed by atoms with Gasteiger partial charge in [-0.05, 0) is 71.1 Å². The molecule has 0 amide bonds. The van der Waals surface area contributed by atoms with Gasteiger partial charge in [-0.1, -0.05) is 59.6 Å². The minimum absolute atomic E-state index is 0.0783. The van der Waals surface area contributed by atoms with Gasteiger partial charge >= 0.3 is 0 Å². The van der Waals surface area contributed by atoms with Gasteiger partial charge in [0.1, 0.15) is 17.5 Å². The van der Waals surface area contributed by atoms with E-state index in [1.807, 2.05) is 20.8 Å². The number of hydrogen-bond donors (Lipinski definition) is 3. The van der Waals surface area contributed by atoms with Crippen LogP contribution in [0.3, 0.4) is 0 Å². The zero-order valence-electron chi connectivity index (χ0n) is 27.0. The average Bonchev–Trinajstić information content (AvgIpc) is 3.04. The van der Waals surface area contributed by atoms with Gasteiger partial charge < -0.3 is 20.1 Å². The fourth-order valence-corrected chi connectivity index (χ4v) is 8.59. The minimum Gasteiger partial charge on any atom is -0.393 e. The van der Waals surface area contributed by atoms with E-state index in [-0.39, 0.29) is 53.9 Å². The Morgan fingerprint density at radius 1 is 1.20 bits per heavy atom. The molecule has 9 atom stereocenters. The number of Topliss-reactive ketones (excluding diaryl/α,β-unsaturated/α-hetero) is 3. The van der Waals surface area contributed by atoms with E-state index in [1.54, 1.807) is 20.8 Å². The molecule has 41 heavy (non-hydrogen) atoms. The molecule has 234 valence electrons. The summed E-state index contributed by atoms with van der Waals surface area (Å²) >= 11 is 0. The van der Waals surface area contributed by atoms with Crippen LogP contribution in [0.5, 0.6) is 0 Å². The summed E-state index contributed by atoms with van der Waals surface area (Å²) in [7, 11) is 0. The van der Waals surface area contributed by atoms with Gasteiger partial charge in [-0.2, -0.15) is 0 Å². The number of ether oxygens (including phenoxy) is 1. The van der Waals surface area contributed by atoms with Gasteiger partial charge in [0.25, 0.3) is 0 Å². The minimum atomic E-state index is -1.18. The van der Waals surface area contributed by atoms with Crippen molar-refractivity contribution in [3.05, 3.63) is 11.6 Å². The monoisotopic (exact) mass is 576 g/mol. The molecule has 1 saturated heterocycles. The molecule has 1 heterocycles. The number of hydrogen-bond acceptors (Lipinski definition) is 7. The van der Waals surface area contributed by atoms with Crippen molar-refractivity contribution in [3.63, 3.8) is 0 Å². The van der Waals surface area contributed by atoms with Crippen LogP contribution >= 0.6 is 0 Å². The zero-order valence-corrected chi connectivity index (χ0v) is 27.0. The predicted molar refractivity (Wildman–Crippen MR) is 159 cm³/mol. The van der Waals surface area contributed by atoms with Crippen molar-refractivity contribution in [1.29, 1.82) is 0 Å². The summed E-state index contributed by atoms with van der Waals surface area (Å²) in [6, 6.07) is 0. The maximum atomic E-state index is 13.5. The van der Waals surface area contributed by atoms with Gasteiger partial charge in [0, 0.05) is 30.1 Å². The third-order valence-corrected chi connectivity index (χ3v) is 11.0. The Morgan fingerprint density at radius 2 is 1.83 bits per heavy atom. The molecule has 1 aliphatic heterocycles. The van der Waals surface area contributed by atoms with Gasteiger partial charge in [-0.3, -0.25) is 14.4 Å². The summed E-state index contributed by atoms with van der Waals surface area (Å²) in [6.45, 7) is 17.0. The molecular weight excluding hydrogens is 520 g/mol. The summed E-state index contributed by atoms with van der Waals surface area (Å²) in [6.07, 6.45) is 5.22. The standard InChI is InChI=1S/C34H56O7/c1-10-12-23(17-25(35)29(39)20(3)4)22(11-2)13-14-24-21(5)26(36)19-34-30(27(37)18-32(24,34)8)33(9,41-34)28(38)15-16-31(6,7)40/h13,20-21,23-25,27,30,35,37,40H,10-12,14-19H2,1-9H3/b22-13-/t21-,23?,24?,25+,27-,30?,32+,33+,34+/m1/s1. The van der Waals surface area contributed by atoms with E-state index in [2.05, 4.69) is 26.8 Å². The topological polar surface area (TPSA) is 121 Å². The largest absolute Gasteiger partial charge is 0.393 e. The lowest BCUT2D eigenvalue weighted by Crippen LogP contribution is -2.77. The first kappa shape index (κ1) is 34.1. The van der Waals surface area contributed by atoms with Gasteiger partial charge in [-0.25, -0.2) is 0 Å². The molecule has 7 heteroatoms. The fraction of sp³-hybridized carbons (Fsp3) is 0.853. The molecule has 2 aliphatic carbocycles. The molecule has 3 N–H and O–H groups in total. The fourth-order valence-electron chi connectivity index (χ4n) is 8.59. The van der Waals surface area contributed by atoms with Crippen LogP contribution in [0.1, 0.15) is 120 Å². The molecule has 3 aliphatic rings. The Morgan fingerprint density at radius 3 is 2.37 bits per heavy atom. The quantitative estimate of drug-likeness (QED) is 0.238. The lowest BCUT2D eigenvalue weighted by molar-refractivity contribution is -0.341. The van der Waals surface area contributed by atoms with Crippen molar-refractivity contribution < 1.29 is 34.4 Å². The predicted octanol–water partition coefficient (Wildman–Crippen LogP) is 5.37. The Labute approximate surface area is 247 Å². The van der Waals surface area contributed by atoms with Crippen LogP contribution < -0.4 is 0 Å². The Bertz CT molecular complexity index is 1020. The number of carbonyl (C=O) groups is 3. The molecule has 0 bridgehead atoms. The van der Waals surface area contributed by atoms with E-state index in [0.29, 0.717) is 25.7 Å². The molecular formula is C34H56O7. The van der Waals surface area contributed by atoms with Crippen LogP contribution in [0.25, 0.3) is 0 Å². The van der Waals surface area contributed by atoms with Crippen molar-refractivity contribution in [3.8, 4) is 0 Å². The number of allylic oxidation sites excluding steroid dienone is 2. The second kappa shape index (κ2) is 12.3. The van der Waals surface area contributed by atoms with Crippen LogP contribution in [0, 0.1) is 35.0 Å². The van der Waals surface area contributed by atoms with Crippen molar-refractivity contribution in [2.45, 2.75) is 149 Å². The van der Waals surface area contributed by atoms with Crippen LogP contribution in [-0.4, -0.2) is 61.7 Å². The maximum absolute atomic E-state index is 13.5. The summed E-state index contributed by atoms with van der Waals surface area (Å²) in [5.74, 6) is -1.06. The average molecular weight is 577 g/mol. The highest BCUT2D eigenvalue weighted by Crippen LogP contribution is 2.72. The van der Waals surface area contributed by atoms with Gasteiger partial charge in [0.05, 0.1) is 23.2 Å². The van der Waals surface area contributed by atoms with E-state index >= 15 is 0 Å². The molecule has 3 fully saturated rings. The molecule has 0 radical (unpaired) electrons. The summed E-state index contributed by atoms with van der Waals surface area (Å²) < 4.78 is 6.61. The van der Waals surface area contributed by atoms with E-state index in [4.69, 9.17) is 4.74 Å². The number of rotatable bonds is 14. The van der Waals surface area contributed by atoms with Gasteiger partial charge in [0.15, 0.2) is 11.6 Å². The van der Waals surface area contributed by atoms with Crippen molar-refractivity contribution in [2.24, 2.45) is 35.0 Å². The number of aliphatic hydroxyl groups is 3. The van der Waals surface area contributed by atoms with Crippen molar-refractivity contribution >= 4 is 17.3 Å². The first-order valence-corrected chi connectivity index (χ1v) is 16.0. The number of aliphatic hydroxyl groups excluding tert-OH is 2. The maximum Gasteiger partial charge on any atom is 0.164 e. The first-order chi connectivity index (χ1) is 18.9. The molecule has 0 aromatic rings. The molecule has 0 aromatic heterocycles. The molecule has 3 rings (SSSR count). The second-order valence-electron chi connectivity index (χ2n) is 14.7. The van der Waals surface area contributed by atoms with Crippen LogP contribution in [0.2, 0.25) is 0 Å². The van der Waals surface area contributed by atoms with E-state index < -0.39 is 40.3 Å². The Balaban J connectivity index is 1.89. The normalized spacial score (nSPS) is 36.9. The lowest BCUT2D eigenvalue weighted by atomic mass is 9.49. The summed E-state index contributed by atoms with van der Waals surface area (Å²) in [5.41, 5.74) is -2.34. The van der Waals surface area contributed by atoms with Crippen LogP contribution in [0.4, 0.5) is 0 Å². The Hall–Kier alpha value is -1.41. The van der Waals surface area contributed by atoms with E-state index in [1.165, 1.54) is 5.57 Å². The van der Waals surface area contributed by atoms with Crippen molar-refractivity contribution in [1.82, 2.24) is 0 Å². The highest BCUT2D eigenvalue weighted by Gasteiger charge is 2.80. The molecule has 2 saturated carbocycles. The molecule has 0 aromatic carbocycles. The SMILES string of the molecule is CCCC(C[C@H](O)C(=O)C(C)C)/C(=C\CC1[C@@H](C)C(=O)C[C@]23O[C@@](C)(C(=O)CCC(C)(C)O)C2[C@H](O)C[C@@]13C)CC. The van der Waals surface area contributed by atoms with Crippen LogP contribution in [0.15, 0.2) is 11.6 Å². The Kier molecular flexibility index (Phi) is 10.2. The zero-order chi connectivity index (χ0) is 31.1. The highest BCUT2D eigenvalue weighted by atomic mass is 16.6. The third kappa shape index (κ3) is 6.16. The number of ketones is 3. The van der Waals surface area contributed by atoms with Gasteiger partial charge in [-0.15, -0.1) is 0 Å². The molecule has 7 nitrogen and oxygen atoms in total. The summed E-state index contributed by atoms with van der Waals surface area (Å²) in [5, 5.41) is 32.2. The molecule has 1 spiro atoms. The van der Waals surface area contributed by atoms with E-state index in [9.17, 15) is 29.7 Å².